The minimum atomic E-state index is -0.782. The Morgan fingerprint density at radius 3 is 0.884 bits per heavy atom. The van der Waals surface area contributed by atoms with E-state index >= 15 is 0 Å². The Hall–Kier alpha value is -2.63. The molecular weight excluding hydrogens is 853 g/mol. The summed E-state index contributed by atoms with van der Waals surface area (Å²) in [6, 6.07) is 0. The lowest BCUT2D eigenvalue weighted by atomic mass is 10.0. The maximum atomic E-state index is 12.8. The van der Waals surface area contributed by atoms with Crippen LogP contribution in [0.25, 0.3) is 0 Å². The van der Waals surface area contributed by atoms with Gasteiger partial charge in [-0.1, -0.05) is 249 Å². The summed E-state index contributed by atoms with van der Waals surface area (Å²) in [6.07, 6.45) is 71.2. The molecule has 69 heavy (non-hydrogen) atoms. The van der Waals surface area contributed by atoms with Gasteiger partial charge in [-0.2, -0.15) is 0 Å². The summed E-state index contributed by atoms with van der Waals surface area (Å²) in [6.45, 7) is 6.59. The van der Waals surface area contributed by atoms with Gasteiger partial charge in [0.25, 0.3) is 0 Å². The molecule has 0 aromatic heterocycles. The van der Waals surface area contributed by atoms with Gasteiger partial charge in [-0.15, -0.1) is 0 Å². The molecule has 0 aromatic carbocycles. The smallest absolute Gasteiger partial charge is 0.306 e. The Kier molecular flexibility index (Phi) is 55.7. The number of unbranched alkanes of at least 4 members (excludes halogenated alkanes) is 36. The summed E-state index contributed by atoms with van der Waals surface area (Å²) in [5.41, 5.74) is 0. The Morgan fingerprint density at radius 1 is 0.290 bits per heavy atom. The number of carbonyl (C=O) groups is 3. The van der Waals surface area contributed by atoms with E-state index in [9.17, 15) is 14.4 Å². The molecule has 0 aromatic rings. The summed E-state index contributed by atoms with van der Waals surface area (Å²) in [4.78, 5) is 38.1. The van der Waals surface area contributed by atoms with E-state index < -0.39 is 6.10 Å². The van der Waals surface area contributed by atoms with Crippen LogP contribution in [0, 0.1) is 0 Å². The summed E-state index contributed by atoms with van der Waals surface area (Å²) in [7, 11) is 0. The molecule has 0 rings (SSSR count). The van der Waals surface area contributed by atoms with Gasteiger partial charge in [0, 0.05) is 19.3 Å². The first kappa shape index (κ1) is 66.4. The van der Waals surface area contributed by atoms with Crippen molar-refractivity contribution in [1.82, 2.24) is 0 Å². The van der Waals surface area contributed by atoms with Crippen LogP contribution in [-0.4, -0.2) is 37.2 Å². The molecule has 0 fully saturated rings. The molecule has 0 spiro atoms. The van der Waals surface area contributed by atoms with E-state index in [0.29, 0.717) is 19.3 Å². The lowest BCUT2D eigenvalue weighted by Crippen LogP contribution is -2.30. The van der Waals surface area contributed by atoms with E-state index in [0.717, 1.165) is 89.9 Å². The van der Waals surface area contributed by atoms with Crippen molar-refractivity contribution >= 4 is 17.9 Å². The molecule has 0 N–H and O–H groups in total. The third-order valence-electron chi connectivity index (χ3n) is 13.3. The Bertz CT molecular complexity index is 1200. The molecule has 0 aliphatic rings. The van der Waals surface area contributed by atoms with E-state index in [1.807, 2.05) is 0 Å². The molecule has 0 radical (unpaired) electrons. The summed E-state index contributed by atoms with van der Waals surface area (Å²) >= 11 is 0. The second-order valence-corrected chi connectivity index (χ2v) is 20.2. The molecule has 402 valence electrons. The zero-order valence-corrected chi connectivity index (χ0v) is 46.1. The monoisotopic (exact) mass is 967 g/mol. The van der Waals surface area contributed by atoms with Crippen molar-refractivity contribution in [1.29, 1.82) is 0 Å². The second-order valence-electron chi connectivity index (χ2n) is 20.2. The molecule has 6 nitrogen and oxygen atoms in total. The van der Waals surface area contributed by atoms with Gasteiger partial charge < -0.3 is 14.2 Å². The highest BCUT2D eigenvalue weighted by Gasteiger charge is 2.19. The molecule has 0 saturated heterocycles. The molecule has 1 unspecified atom stereocenters. The number of hydrogen-bond donors (Lipinski definition) is 0. The number of hydrogen-bond acceptors (Lipinski definition) is 6. The van der Waals surface area contributed by atoms with Crippen molar-refractivity contribution in [2.45, 2.75) is 322 Å². The number of esters is 3. The average molecular weight is 968 g/mol. The van der Waals surface area contributed by atoms with Crippen molar-refractivity contribution < 1.29 is 28.6 Å². The highest BCUT2D eigenvalue weighted by molar-refractivity contribution is 5.71. The highest BCUT2D eigenvalue weighted by atomic mass is 16.6. The SMILES string of the molecule is CCCC/C=C\CCCCCCCC(=O)OCC(COC(=O)CCCCCCCCCCCCCCC/C=C\CCCCCCCCCC)OC(=O)CCCCCCC/C=C\C/C=C\CCCCC. The van der Waals surface area contributed by atoms with Crippen LogP contribution in [0.4, 0.5) is 0 Å². The van der Waals surface area contributed by atoms with Gasteiger partial charge in [0.1, 0.15) is 13.2 Å². The maximum Gasteiger partial charge on any atom is 0.306 e. The van der Waals surface area contributed by atoms with Crippen molar-refractivity contribution in [2.24, 2.45) is 0 Å². The summed E-state index contributed by atoms with van der Waals surface area (Å²) in [5, 5.41) is 0. The van der Waals surface area contributed by atoms with Crippen molar-refractivity contribution in [2.75, 3.05) is 13.2 Å². The lowest BCUT2D eigenvalue weighted by Gasteiger charge is -2.18. The Labute approximate surface area is 428 Å². The molecule has 0 aliphatic heterocycles. The number of allylic oxidation sites excluding steroid dienone is 8. The van der Waals surface area contributed by atoms with Gasteiger partial charge in [0.2, 0.25) is 0 Å². The van der Waals surface area contributed by atoms with Crippen LogP contribution in [0.2, 0.25) is 0 Å². The molecule has 0 heterocycles. The van der Waals surface area contributed by atoms with Crippen LogP contribution in [-0.2, 0) is 28.6 Å². The first-order valence-electron chi connectivity index (χ1n) is 30.1. The van der Waals surface area contributed by atoms with Crippen LogP contribution in [0.15, 0.2) is 48.6 Å². The van der Waals surface area contributed by atoms with Crippen LogP contribution >= 0.6 is 0 Å². The van der Waals surface area contributed by atoms with Crippen LogP contribution in [0.5, 0.6) is 0 Å². The number of ether oxygens (including phenoxy) is 3. The van der Waals surface area contributed by atoms with Crippen LogP contribution in [0.1, 0.15) is 316 Å². The Morgan fingerprint density at radius 2 is 0.536 bits per heavy atom. The lowest BCUT2D eigenvalue weighted by molar-refractivity contribution is -0.167. The van der Waals surface area contributed by atoms with E-state index in [2.05, 4.69) is 69.4 Å². The standard InChI is InChI=1S/C63H114O6/c1-4-7-10-13-16-19-22-24-26-27-28-29-30-31-32-33-34-35-37-38-41-44-47-50-53-56-62(65)68-59-60(58-67-61(64)55-52-49-46-43-40-21-18-15-12-9-6-3)69-63(66)57-54-51-48-45-42-39-36-25-23-20-17-14-11-8-5-2/h15,17-18,20,25,27-28,36,60H,4-14,16,19,21-24,26,29-35,37-59H2,1-3H3/b18-15-,20-17-,28-27-,36-25-. The van der Waals surface area contributed by atoms with Gasteiger partial charge in [0.15, 0.2) is 6.10 Å². The van der Waals surface area contributed by atoms with Gasteiger partial charge in [-0.25, -0.2) is 0 Å². The average Bonchev–Trinajstić information content (AvgIpc) is 3.35. The first-order valence-corrected chi connectivity index (χ1v) is 30.1. The normalized spacial score (nSPS) is 12.3. The summed E-state index contributed by atoms with van der Waals surface area (Å²) < 4.78 is 16.8. The first-order chi connectivity index (χ1) is 34.0. The topological polar surface area (TPSA) is 78.9 Å². The third-order valence-corrected chi connectivity index (χ3v) is 13.3. The van der Waals surface area contributed by atoms with E-state index in [1.54, 1.807) is 0 Å². The molecular formula is C63H114O6. The van der Waals surface area contributed by atoms with E-state index in [1.165, 1.54) is 186 Å². The fraction of sp³-hybridized carbons (Fsp3) is 0.825. The van der Waals surface area contributed by atoms with Gasteiger partial charge in [-0.05, 0) is 96.3 Å². The van der Waals surface area contributed by atoms with Crippen molar-refractivity contribution in [3.8, 4) is 0 Å². The van der Waals surface area contributed by atoms with Crippen molar-refractivity contribution in [3.63, 3.8) is 0 Å². The fourth-order valence-electron chi connectivity index (χ4n) is 8.69. The quantitative estimate of drug-likeness (QED) is 0.0262. The Balaban J connectivity index is 4.22. The molecule has 1 atom stereocenters. The number of carbonyl (C=O) groups excluding carboxylic acids is 3. The molecule has 0 bridgehead atoms. The number of rotatable bonds is 55. The zero-order chi connectivity index (χ0) is 50.0. The maximum absolute atomic E-state index is 12.8. The minimum absolute atomic E-state index is 0.0797. The fourth-order valence-corrected chi connectivity index (χ4v) is 8.69. The predicted octanol–water partition coefficient (Wildman–Crippen LogP) is 20.2. The van der Waals surface area contributed by atoms with Gasteiger partial charge >= 0.3 is 17.9 Å². The second kappa shape index (κ2) is 57.9. The van der Waals surface area contributed by atoms with Gasteiger partial charge in [-0.3, -0.25) is 14.4 Å². The van der Waals surface area contributed by atoms with Crippen LogP contribution in [0.3, 0.4) is 0 Å². The molecule has 6 heteroatoms. The van der Waals surface area contributed by atoms with E-state index in [-0.39, 0.29) is 31.1 Å². The van der Waals surface area contributed by atoms with E-state index in [4.69, 9.17) is 14.2 Å². The van der Waals surface area contributed by atoms with Crippen molar-refractivity contribution in [3.05, 3.63) is 48.6 Å². The molecule has 0 amide bonds. The highest BCUT2D eigenvalue weighted by Crippen LogP contribution is 2.16. The molecule has 0 aliphatic carbocycles. The largest absolute Gasteiger partial charge is 0.462 e. The minimum Gasteiger partial charge on any atom is -0.462 e. The zero-order valence-electron chi connectivity index (χ0n) is 46.1. The van der Waals surface area contributed by atoms with Gasteiger partial charge in [0.05, 0.1) is 0 Å². The summed E-state index contributed by atoms with van der Waals surface area (Å²) in [5.74, 6) is -0.891. The predicted molar refractivity (Wildman–Crippen MR) is 298 cm³/mol. The molecule has 0 saturated carbocycles. The third kappa shape index (κ3) is 56.2. The van der Waals surface area contributed by atoms with Crippen LogP contribution < -0.4 is 0 Å².